The lowest BCUT2D eigenvalue weighted by Crippen LogP contribution is -2.28. The maximum Gasteiger partial charge on any atom is 0.119 e. The van der Waals surface area contributed by atoms with E-state index in [0.29, 0.717) is 12.0 Å². The number of aromatic nitrogens is 1. The number of benzene rings is 1. The molecule has 0 N–H and O–H groups in total. The first-order chi connectivity index (χ1) is 10.8. The van der Waals surface area contributed by atoms with Crippen molar-refractivity contribution in [2.24, 2.45) is 5.92 Å². The molecule has 2 aromatic rings. The maximum absolute atomic E-state index is 5.37. The van der Waals surface area contributed by atoms with Crippen molar-refractivity contribution in [3.05, 3.63) is 60.3 Å². The molecule has 3 nitrogen and oxygen atoms in total. The van der Waals surface area contributed by atoms with Gasteiger partial charge in [0.2, 0.25) is 0 Å². The van der Waals surface area contributed by atoms with E-state index in [1.807, 2.05) is 18.3 Å². The normalized spacial score (nSPS) is 26.2. The predicted molar refractivity (Wildman–Crippen MR) is 89.1 cm³/mol. The zero-order valence-electron chi connectivity index (χ0n) is 12.8. The molecule has 22 heavy (non-hydrogen) atoms. The summed E-state index contributed by atoms with van der Waals surface area (Å²) in [7, 11) is 1.71. The molecule has 0 amide bonds. The summed E-state index contributed by atoms with van der Waals surface area (Å²) in [5.41, 5.74) is 3.92. The monoisotopic (exact) mass is 292 g/mol. The second-order valence-corrected chi connectivity index (χ2v) is 6.07. The topological polar surface area (TPSA) is 25.4 Å². The molecule has 0 radical (unpaired) electrons. The van der Waals surface area contributed by atoms with Crippen molar-refractivity contribution in [3.8, 4) is 5.75 Å². The Morgan fingerprint density at radius 1 is 1.41 bits per heavy atom. The summed E-state index contributed by atoms with van der Waals surface area (Å²) >= 11 is 0. The molecule has 2 bridgehead atoms. The summed E-state index contributed by atoms with van der Waals surface area (Å²) in [5.74, 6) is 1.42. The minimum Gasteiger partial charge on any atom is -0.497 e. The van der Waals surface area contributed by atoms with Crippen LogP contribution in [0.5, 0.6) is 5.75 Å². The first kappa shape index (κ1) is 13.5. The summed E-state index contributed by atoms with van der Waals surface area (Å²) in [5, 5.41) is 1.20. The van der Waals surface area contributed by atoms with Gasteiger partial charge in [-0.25, -0.2) is 0 Å². The molecule has 1 fully saturated rings. The van der Waals surface area contributed by atoms with Crippen LogP contribution in [-0.4, -0.2) is 36.1 Å². The molecule has 0 aliphatic carbocycles. The highest BCUT2D eigenvalue weighted by atomic mass is 16.5. The fraction of sp³-hybridized carbons (Fsp3) is 0.316. The van der Waals surface area contributed by atoms with E-state index in [-0.39, 0.29) is 0 Å². The second-order valence-electron chi connectivity index (χ2n) is 6.07. The Kier molecular flexibility index (Phi) is 3.23. The number of nitrogens with zero attached hydrogens (tertiary/aromatic N) is 2. The Balaban J connectivity index is 1.70. The number of rotatable bonds is 4. The van der Waals surface area contributed by atoms with E-state index >= 15 is 0 Å². The summed E-state index contributed by atoms with van der Waals surface area (Å²) in [6.07, 6.45) is 7.41. The largest absolute Gasteiger partial charge is 0.497 e. The van der Waals surface area contributed by atoms with E-state index in [4.69, 9.17) is 4.74 Å². The summed E-state index contributed by atoms with van der Waals surface area (Å²) in [6.45, 7) is 6.18. The van der Waals surface area contributed by atoms with Crippen LogP contribution in [0.25, 0.3) is 10.9 Å². The average Bonchev–Trinajstić information content (AvgIpc) is 3.11. The van der Waals surface area contributed by atoms with Gasteiger partial charge in [-0.05, 0) is 41.8 Å². The van der Waals surface area contributed by atoms with Crippen LogP contribution >= 0.6 is 0 Å². The van der Waals surface area contributed by atoms with E-state index in [1.54, 1.807) is 12.7 Å². The van der Waals surface area contributed by atoms with Crippen molar-refractivity contribution in [2.75, 3.05) is 20.2 Å². The smallest absolute Gasteiger partial charge is 0.119 e. The van der Waals surface area contributed by atoms with Crippen molar-refractivity contribution in [2.45, 2.75) is 12.5 Å². The fourth-order valence-electron chi connectivity index (χ4n) is 3.81. The molecular formula is C19H20N2O. The summed E-state index contributed by atoms with van der Waals surface area (Å²) in [4.78, 5) is 7.03. The van der Waals surface area contributed by atoms with Crippen LogP contribution in [0.4, 0.5) is 0 Å². The zero-order valence-corrected chi connectivity index (χ0v) is 12.8. The molecule has 3 heteroatoms. The minimum atomic E-state index is 0.514. The highest BCUT2D eigenvalue weighted by molar-refractivity contribution is 5.83. The van der Waals surface area contributed by atoms with Crippen LogP contribution in [0, 0.1) is 5.92 Å². The lowest BCUT2D eigenvalue weighted by Gasteiger charge is -2.19. The number of ether oxygens (including phenoxy) is 1. The van der Waals surface area contributed by atoms with Gasteiger partial charge in [0, 0.05) is 36.6 Å². The highest BCUT2D eigenvalue weighted by Gasteiger charge is 2.38. The molecule has 3 unspecified atom stereocenters. The van der Waals surface area contributed by atoms with Gasteiger partial charge in [0.15, 0.2) is 0 Å². The van der Waals surface area contributed by atoms with Crippen LogP contribution < -0.4 is 4.74 Å². The summed E-state index contributed by atoms with van der Waals surface area (Å²) in [6, 6.07) is 8.76. The van der Waals surface area contributed by atoms with Gasteiger partial charge in [0.1, 0.15) is 5.75 Å². The standard InChI is InChI=1S/C19H20N2O/c1-3-13-12-21-9-7-16(13)19(21)10-14-6-8-20-18-5-4-15(22-2)11-17(14)18/h3-8,11,13,19H,1,9-10,12H2,2H3. The lowest BCUT2D eigenvalue weighted by atomic mass is 9.93. The molecular weight excluding hydrogens is 272 g/mol. The predicted octanol–water partition coefficient (Wildman–Crippen LogP) is 3.21. The Labute approximate surface area is 130 Å². The highest BCUT2D eigenvalue weighted by Crippen LogP contribution is 2.37. The van der Waals surface area contributed by atoms with Crippen molar-refractivity contribution < 1.29 is 4.74 Å². The maximum atomic E-state index is 5.37. The number of hydrogen-bond acceptors (Lipinski definition) is 3. The minimum absolute atomic E-state index is 0.514. The first-order valence-electron chi connectivity index (χ1n) is 7.78. The number of hydrogen-bond donors (Lipinski definition) is 0. The Bertz CT molecular complexity index is 765. The van der Waals surface area contributed by atoms with E-state index in [1.165, 1.54) is 10.9 Å². The second kappa shape index (κ2) is 5.25. The molecule has 0 spiro atoms. The van der Waals surface area contributed by atoms with Crippen molar-refractivity contribution >= 4 is 10.9 Å². The third-order valence-corrected chi connectivity index (χ3v) is 4.98. The lowest BCUT2D eigenvalue weighted by molar-refractivity contribution is 0.303. The van der Waals surface area contributed by atoms with E-state index < -0.39 is 0 Å². The van der Waals surface area contributed by atoms with E-state index in [9.17, 15) is 0 Å². The molecule has 4 rings (SSSR count). The van der Waals surface area contributed by atoms with Crippen LogP contribution in [0.2, 0.25) is 0 Å². The molecule has 3 heterocycles. The first-order valence-corrected chi connectivity index (χ1v) is 7.78. The van der Waals surface area contributed by atoms with E-state index in [0.717, 1.165) is 30.8 Å². The Hall–Kier alpha value is -2.13. The van der Waals surface area contributed by atoms with Gasteiger partial charge in [-0.15, -0.1) is 6.58 Å². The number of fused-ring (bicyclic) bond motifs is 3. The van der Waals surface area contributed by atoms with Crippen LogP contribution in [0.15, 0.2) is 54.8 Å². The quantitative estimate of drug-likeness (QED) is 0.809. The third-order valence-electron chi connectivity index (χ3n) is 4.98. The van der Waals surface area contributed by atoms with Crippen LogP contribution in [0.3, 0.4) is 0 Å². The Morgan fingerprint density at radius 3 is 3.09 bits per heavy atom. The van der Waals surface area contributed by atoms with Crippen molar-refractivity contribution in [1.29, 1.82) is 0 Å². The van der Waals surface area contributed by atoms with Gasteiger partial charge in [0.25, 0.3) is 0 Å². The average molecular weight is 292 g/mol. The van der Waals surface area contributed by atoms with Crippen LogP contribution in [0.1, 0.15) is 5.56 Å². The van der Waals surface area contributed by atoms with E-state index in [2.05, 4.69) is 40.7 Å². The Morgan fingerprint density at radius 2 is 2.32 bits per heavy atom. The molecule has 2 aliphatic heterocycles. The van der Waals surface area contributed by atoms with Crippen LogP contribution in [-0.2, 0) is 6.42 Å². The molecule has 112 valence electrons. The molecule has 0 saturated carbocycles. The molecule has 2 aliphatic rings. The summed E-state index contributed by atoms with van der Waals surface area (Å²) < 4.78 is 5.37. The van der Waals surface area contributed by atoms with Gasteiger partial charge in [-0.3, -0.25) is 9.88 Å². The fourth-order valence-corrected chi connectivity index (χ4v) is 3.81. The van der Waals surface area contributed by atoms with Gasteiger partial charge in [-0.1, -0.05) is 12.2 Å². The number of pyridine rings is 1. The molecule has 1 saturated heterocycles. The third kappa shape index (κ3) is 2.04. The molecule has 1 aromatic carbocycles. The molecule has 1 aromatic heterocycles. The number of methoxy groups -OCH3 is 1. The van der Waals surface area contributed by atoms with Crippen molar-refractivity contribution in [1.82, 2.24) is 9.88 Å². The van der Waals surface area contributed by atoms with Gasteiger partial charge in [-0.2, -0.15) is 0 Å². The zero-order chi connectivity index (χ0) is 15.1. The molecule has 3 atom stereocenters. The van der Waals surface area contributed by atoms with Gasteiger partial charge in [0.05, 0.1) is 12.6 Å². The van der Waals surface area contributed by atoms with Crippen molar-refractivity contribution in [3.63, 3.8) is 0 Å². The van der Waals surface area contributed by atoms with Gasteiger partial charge >= 0.3 is 0 Å². The van der Waals surface area contributed by atoms with Gasteiger partial charge < -0.3 is 4.74 Å². The SMILES string of the molecule is C=CC1CN2CC=C1C2Cc1ccnc2ccc(OC)cc12.